The van der Waals surface area contributed by atoms with E-state index in [2.05, 4.69) is 4.90 Å². The van der Waals surface area contributed by atoms with E-state index >= 15 is 0 Å². The van der Waals surface area contributed by atoms with Gasteiger partial charge in [0.1, 0.15) is 5.75 Å². The van der Waals surface area contributed by atoms with Gasteiger partial charge in [0.15, 0.2) is 0 Å². The highest BCUT2D eigenvalue weighted by molar-refractivity contribution is 8.02. The number of halogens is 2. The van der Waals surface area contributed by atoms with Gasteiger partial charge in [-0.2, -0.15) is 0 Å². The molecule has 0 spiro atoms. The second-order valence-electron chi connectivity index (χ2n) is 3.18. The van der Waals surface area contributed by atoms with Crippen LogP contribution in [0, 0.1) is 0 Å². The van der Waals surface area contributed by atoms with Crippen LogP contribution in [0.5, 0.6) is 5.75 Å². The maximum absolute atomic E-state index is 9.76. The molecule has 0 saturated carbocycles. The molecule has 0 aromatic heterocycles. The normalized spacial score (nSPS) is 14.9. The molecule has 0 fully saturated rings. The van der Waals surface area contributed by atoms with Crippen LogP contribution in [-0.4, -0.2) is 15.9 Å². The third kappa shape index (κ3) is 2.36. The Kier molecular flexibility index (Phi) is 3.34. The highest BCUT2D eigenvalue weighted by Crippen LogP contribution is 2.34. The molecule has 0 radical (unpaired) electrons. The minimum absolute atomic E-state index is 0.0782. The van der Waals surface area contributed by atoms with Gasteiger partial charge in [-0.1, -0.05) is 23.2 Å². The molecule has 15 heavy (non-hydrogen) atoms. The Labute approximate surface area is 102 Å². The number of hydrogen-bond donors (Lipinski definition) is 1. The fourth-order valence-corrected chi connectivity index (χ4v) is 2.45. The zero-order valence-electron chi connectivity index (χ0n) is 7.78. The molecule has 1 aliphatic heterocycles. The molecule has 1 heterocycles. The molecule has 0 amide bonds. The Morgan fingerprint density at radius 1 is 1.33 bits per heavy atom. The van der Waals surface area contributed by atoms with E-state index in [0.717, 1.165) is 5.88 Å². The lowest BCUT2D eigenvalue weighted by atomic mass is 10.2. The molecule has 0 saturated heterocycles. The molecule has 0 bridgehead atoms. The minimum Gasteiger partial charge on any atom is -0.506 e. The molecule has 2 rings (SSSR count). The second kappa shape index (κ2) is 4.56. The zero-order chi connectivity index (χ0) is 10.8. The van der Waals surface area contributed by atoms with E-state index in [1.807, 2.05) is 11.6 Å². The Hall–Kier alpha value is -0.510. The number of phenolic OH excluding ortho intramolecular Hbond substituents is 1. The maximum atomic E-state index is 9.76. The van der Waals surface area contributed by atoms with Crippen LogP contribution >= 0.6 is 35.0 Å². The first-order valence-electron chi connectivity index (χ1n) is 4.36. The number of hydrogen-bond acceptors (Lipinski definition) is 3. The smallest absolute Gasteiger partial charge is 0.140 e. The maximum Gasteiger partial charge on any atom is 0.140 e. The van der Waals surface area contributed by atoms with Crippen molar-refractivity contribution in [2.24, 2.45) is 0 Å². The van der Waals surface area contributed by atoms with Crippen LogP contribution in [0.4, 0.5) is 0 Å². The Balaban J connectivity index is 2.26. The first-order chi connectivity index (χ1) is 7.18. The molecule has 80 valence electrons. The van der Waals surface area contributed by atoms with Gasteiger partial charge in [-0.3, -0.25) is 0 Å². The number of rotatable bonds is 2. The molecule has 0 aliphatic carbocycles. The largest absolute Gasteiger partial charge is 0.506 e. The summed E-state index contributed by atoms with van der Waals surface area (Å²) in [6.07, 6.45) is 1.97. The van der Waals surface area contributed by atoms with Crippen molar-refractivity contribution >= 4 is 35.0 Å². The lowest BCUT2D eigenvalue weighted by Crippen LogP contribution is -2.12. The van der Waals surface area contributed by atoms with Gasteiger partial charge in [0, 0.05) is 23.3 Å². The molecule has 2 nitrogen and oxygen atoms in total. The summed E-state index contributed by atoms with van der Waals surface area (Å²) in [5.74, 6) is 0.955. The minimum atomic E-state index is 0.0782. The van der Waals surface area contributed by atoms with Gasteiger partial charge in [0.25, 0.3) is 0 Å². The number of thioether (sulfide) groups is 1. The molecule has 1 aromatic carbocycles. The third-order valence-corrected chi connectivity index (χ3v) is 3.60. The molecule has 1 N–H and O–H groups in total. The van der Waals surface area contributed by atoms with Gasteiger partial charge in [-0.25, -0.2) is 0 Å². The zero-order valence-corrected chi connectivity index (χ0v) is 10.1. The first kappa shape index (κ1) is 11.0. The van der Waals surface area contributed by atoms with Crippen molar-refractivity contribution in [3.05, 3.63) is 39.3 Å². The lowest BCUT2D eigenvalue weighted by molar-refractivity contribution is 0.414. The quantitative estimate of drug-likeness (QED) is 0.879. The van der Waals surface area contributed by atoms with Gasteiger partial charge in [-0.15, -0.1) is 11.8 Å². The van der Waals surface area contributed by atoms with Crippen molar-refractivity contribution < 1.29 is 5.11 Å². The van der Waals surface area contributed by atoms with Crippen molar-refractivity contribution in [2.45, 2.75) is 6.54 Å². The van der Waals surface area contributed by atoms with Gasteiger partial charge in [-0.05, 0) is 17.5 Å². The molecular formula is C10H9Cl2NOS. The third-order valence-electron chi connectivity index (χ3n) is 2.15. The Morgan fingerprint density at radius 2 is 2.07 bits per heavy atom. The lowest BCUT2D eigenvalue weighted by Gasteiger charge is -2.16. The molecular weight excluding hydrogens is 253 g/mol. The van der Waals surface area contributed by atoms with E-state index in [-0.39, 0.29) is 5.75 Å². The van der Waals surface area contributed by atoms with Crippen LogP contribution in [0.25, 0.3) is 0 Å². The van der Waals surface area contributed by atoms with Gasteiger partial charge in [0.05, 0.1) is 10.9 Å². The summed E-state index contributed by atoms with van der Waals surface area (Å²) in [6, 6.07) is 3.29. The fraction of sp³-hybridized carbons (Fsp3) is 0.200. The predicted octanol–water partition coefficient (Wildman–Crippen LogP) is 3.68. The van der Waals surface area contributed by atoms with Crippen LogP contribution in [-0.2, 0) is 6.54 Å². The van der Waals surface area contributed by atoms with Gasteiger partial charge in [0.2, 0.25) is 0 Å². The van der Waals surface area contributed by atoms with Crippen molar-refractivity contribution in [2.75, 3.05) is 5.88 Å². The van der Waals surface area contributed by atoms with E-state index in [1.54, 1.807) is 23.9 Å². The Morgan fingerprint density at radius 3 is 2.73 bits per heavy atom. The van der Waals surface area contributed by atoms with E-state index in [4.69, 9.17) is 23.2 Å². The van der Waals surface area contributed by atoms with E-state index < -0.39 is 0 Å². The van der Waals surface area contributed by atoms with Crippen LogP contribution in [0.2, 0.25) is 10.0 Å². The average molecular weight is 262 g/mol. The number of benzene rings is 1. The van der Waals surface area contributed by atoms with Crippen molar-refractivity contribution in [1.29, 1.82) is 0 Å². The van der Waals surface area contributed by atoms with Crippen LogP contribution in [0.15, 0.2) is 23.7 Å². The van der Waals surface area contributed by atoms with Gasteiger partial charge < -0.3 is 10.0 Å². The summed E-state index contributed by atoms with van der Waals surface area (Å²) in [5, 5.41) is 12.7. The molecule has 0 unspecified atom stereocenters. The van der Waals surface area contributed by atoms with Crippen molar-refractivity contribution in [1.82, 2.24) is 4.90 Å². The van der Waals surface area contributed by atoms with Crippen molar-refractivity contribution in [3.63, 3.8) is 0 Å². The fourth-order valence-electron chi connectivity index (χ4n) is 1.35. The van der Waals surface area contributed by atoms with Gasteiger partial charge >= 0.3 is 0 Å². The molecule has 0 atom stereocenters. The van der Waals surface area contributed by atoms with E-state index in [0.29, 0.717) is 22.2 Å². The summed E-state index contributed by atoms with van der Waals surface area (Å²) in [6.45, 7) is 0.578. The average Bonchev–Trinajstić information content (AvgIpc) is 2.71. The summed E-state index contributed by atoms with van der Waals surface area (Å²) in [4.78, 5) is 2.06. The van der Waals surface area contributed by atoms with E-state index in [9.17, 15) is 5.11 Å². The topological polar surface area (TPSA) is 23.5 Å². The standard InChI is InChI=1S/C10H9Cl2NOS/c11-8-1-2-9(12)10(14)7(8)5-13-3-4-15-6-13/h1-4,14H,5-6H2. The molecule has 1 aromatic rings. The van der Waals surface area contributed by atoms with Crippen LogP contribution in [0.3, 0.4) is 0 Å². The summed E-state index contributed by atoms with van der Waals surface area (Å²) >= 11 is 13.5. The van der Waals surface area contributed by atoms with Crippen molar-refractivity contribution in [3.8, 4) is 5.75 Å². The SMILES string of the molecule is Oc1c(Cl)ccc(Cl)c1CN1C=CSC1. The predicted molar refractivity (Wildman–Crippen MR) is 65.3 cm³/mol. The van der Waals surface area contributed by atoms with E-state index in [1.165, 1.54) is 0 Å². The number of aromatic hydroxyl groups is 1. The first-order valence-corrected chi connectivity index (χ1v) is 6.17. The molecule has 5 heteroatoms. The summed E-state index contributed by atoms with van der Waals surface area (Å²) in [5.41, 5.74) is 0.677. The highest BCUT2D eigenvalue weighted by Gasteiger charge is 2.14. The van der Waals surface area contributed by atoms with Crippen LogP contribution in [0.1, 0.15) is 5.56 Å². The van der Waals surface area contributed by atoms with Crippen LogP contribution < -0.4 is 0 Å². The summed E-state index contributed by atoms with van der Waals surface area (Å²) < 4.78 is 0. The Bertz CT molecular complexity index is 409. The summed E-state index contributed by atoms with van der Waals surface area (Å²) in [7, 11) is 0. The highest BCUT2D eigenvalue weighted by atomic mass is 35.5. The monoisotopic (exact) mass is 261 g/mol. The number of nitrogens with zero attached hydrogens (tertiary/aromatic N) is 1. The molecule has 1 aliphatic rings. The second-order valence-corrected chi connectivity index (χ2v) is 4.86. The number of phenols is 1.